The largest absolute Gasteiger partial charge is 0.307 e. The molecule has 0 aliphatic rings. The van der Waals surface area contributed by atoms with Crippen molar-refractivity contribution >= 4 is 23.3 Å². The Labute approximate surface area is 137 Å². The Morgan fingerprint density at radius 3 is 2.78 bits per heavy atom. The number of halogens is 2. The van der Waals surface area contributed by atoms with Crippen LogP contribution in [0.5, 0.6) is 0 Å². The van der Waals surface area contributed by atoms with Crippen LogP contribution in [0.4, 0.5) is 10.2 Å². The Morgan fingerprint density at radius 2 is 2.00 bits per heavy atom. The molecule has 0 aliphatic heterocycles. The van der Waals surface area contributed by atoms with Gasteiger partial charge in [0.2, 0.25) is 0 Å². The van der Waals surface area contributed by atoms with E-state index in [1.54, 1.807) is 29.1 Å². The van der Waals surface area contributed by atoms with Gasteiger partial charge in [0.15, 0.2) is 0 Å². The highest BCUT2D eigenvalue weighted by atomic mass is 35.5. The van der Waals surface area contributed by atoms with Crippen molar-refractivity contribution in [3.05, 3.63) is 82.8 Å². The lowest BCUT2D eigenvalue weighted by Gasteiger charge is -2.09. The summed E-state index contributed by atoms with van der Waals surface area (Å²) < 4.78 is 14.8. The molecule has 2 aromatic carbocycles. The molecule has 0 saturated heterocycles. The lowest BCUT2D eigenvalue weighted by atomic mass is 10.2. The van der Waals surface area contributed by atoms with Crippen molar-refractivity contribution in [1.82, 2.24) is 9.78 Å². The molecule has 1 aromatic heterocycles. The van der Waals surface area contributed by atoms with E-state index in [0.29, 0.717) is 17.4 Å². The van der Waals surface area contributed by atoms with Gasteiger partial charge in [-0.05, 0) is 35.9 Å². The minimum atomic E-state index is -0.454. The first kappa shape index (κ1) is 15.2. The fourth-order valence-electron chi connectivity index (χ4n) is 2.19. The molecule has 0 bridgehead atoms. The zero-order valence-corrected chi connectivity index (χ0v) is 12.8. The molecule has 0 atom stereocenters. The average molecular weight is 330 g/mol. The van der Waals surface area contributed by atoms with E-state index in [1.807, 2.05) is 18.2 Å². The third-order valence-corrected chi connectivity index (χ3v) is 3.50. The van der Waals surface area contributed by atoms with Crippen LogP contribution in [0.1, 0.15) is 15.9 Å². The van der Waals surface area contributed by atoms with E-state index >= 15 is 0 Å². The summed E-state index contributed by atoms with van der Waals surface area (Å²) in [6, 6.07) is 14.6. The van der Waals surface area contributed by atoms with Gasteiger partial charge in [-0.15, -0.1) is 0 Å². The lowest BCUT2D eigenvalue weighted by molar-refractivity contribution is 0.102. The van der Waals surface area contributed by atoms with Gasteiger partial charge >= 0.3 is 0 Å². The van der Waals surface area contributed by atoms with Crippen LogP contribution >= 0.6 is 11.6 Å². The monoisotopic (exact) mass is 329 g/mol. The summed E-state index contributed by atoms with van der Waals surface area (Å²) in [4.78, 5) is 12.2. The van der Waals surface area contributed by atoms with E-state index in [9.17, 15) is 9.18 Å². The fraction of sp³-hybridized carbons (Fsp3) is 0.0588. The van der Waals surface area contributed by atoms with Crippen LogP contribution in [-0.4, -0.2) is 15.7 Å². The normalized spacial score (nSPS) is 10.5. The molecule has 1 heterocycles. The summed E-state index contributed by atoms with van der Waals surface area (Å²) in [7, 11) is 0. The Bertz CT molecular complexity index is 847. The van der Waals surface area contributed by atoms with E-state index < -0.39 is 11.7 Å². The Kier molecular flexibility index (Phi) is 4.39. The number of amides is 1. The summed E-state index contributed by atoms with van der Waals surface area (Å²) in [5, 5.41) is 7.56. The molecule has 3 rings (SSSR count). The third kappa shape index (κ3) is 3.76. The van der Waals surface area contributed by atoms with Crippen LogP contribution in [0.3, 0.4) is 0 Å². The molecule has 1 N–H and O–H groups in total. The van der Waals surface area contributed by atoms with Crippen molar-refractivity contribution < 1.29 is 9.18 Å². The number of carbonyl (C=O) groups is 1. The molecule has 6 heteroatoms. The zero-order valence-electron chi connectivity index (χ0n) is 12.0. The minimum Gasteiger partial charge on any atom is -0.307 e. The molecule has 0 aliphatic carbocycles. The van der Waals surface area contributed by atoms with Gasteiger partial charge in [-0.25, -0.2) is 9.07 Å². The lowest BCUT2D eigenvalue weighted by Crippen LogP contribution is -2.16. The SMILES string of the molecule is O=C(Nc1ccnn1Cc1cccc(Cl)c1)c1cccc(F)c1. The predicted molar refractivity (Wildman–Crippen MR) is 87.1 cm³/mol. The van der Waals surface area contributed by atoms with Crippen LogP contribution in [-0.2, 0) is 6.54 Å². The van der Waals surface area contributed by atoms with Crippen molar-refractivity contribution in [2.45, 2.75) is 6.54 Å². The Morgan fingerprint density at radius 1 is 1.17 bits per heavy atom. The number of aromatic nitrogens is 2. The van der Waals surface area contributed by atoms with Gasteiger partial charge < -0.3 is 5.32 Å². The van der Waals surface area contributed by atoms with Gasteiger partial charge in [-0.1, -0.05) is 29.8 Å². The molecule has 0 unspecified atom stereocenters. The van der Waals surface area contributed by atoms with E-state index in [0.717, 1.165) is 5.56 Å². The average Bonchev–Trinajstić information content (AvgIpc) is 2.94. The summed E-state index contributed by atoms with van der Waals surface area (Å²) in [5.41, 5.74) is 1.21. The van der Waals surface area contributed by atoms with Gasteiger partial charge in [0.25, 0.3) is 5.91 Å². The zero-order chi connectivity index (χ0) is 16.2. The maximum atomic E-state index is 13.2. The van der Waals surface area contributed by atoms with Gasteiger partial charge in [0.1, 0.15) is 11.6 Å². The van der Waals surface area contributed by atoms with Crippen LogP contribution < -0.4 is 5.32 Å². The van der Waals surface area contributed by atoms with Crippen molar-refractivity contribution in [2.24, 2.45) is 0 Å². The molecule has 3 aromatic rings. The van der Waals surface area contributed by atoms with E-state index in [2.05, 4.69) is 10.4 Å². The highest BCUT2D eigenvalue weighted by Gasteiger charge is 2.10. The van der Waals surface area contributed by atoms with Gasteiger partial charge in [-0.3, -0.25) is 4.79 Å². The topological polar surface area (TPSA) is 46.9 Å². The number of anilines is 1. The van der Waals surface area contributed by atoms with Crippen molar-refractivity contribution in [3.8, 4) is 0 Å². The Balaban J connectivity index is 1.77. The van der Waals surface area contributed by atoms with Crippen LogP contribution in [0.25, 0.3) is 0 Å². The van der Waals surface area contributed by atoms with Crippen molar-refractivity contribution in [2.75, 3.05) is 5.32 Å². The van der Waals surface area contributed by atoms with Gasteiger partial charge in [0.05, 0.1) is 12.7 Å². The second-order valence-electron chi connectivity index (χ2n) is 4.97. The molecule has 23 heavy (non-hydrogen) atoms. The first-order valence-electron chi connectivity index (χ1n) is 6.95. The maximum absolute atomic E-state index is 13.2. The van der Waals surface area contributed by atoms with Gasteiger partial charge in [0, 0.05) is 16.7 Å². The molecular formula is C17H13ClFN3O. The molecule has 0 saturated carbocycles. The predicted octanol–water partition coefficient (Wildman–Crippen LogP) is 3.98. The maximum Gasteiger partial charge on any atom is 0.256 e. The number of rotatable bonds is 4. The number of carbonyl (C=O) groups excluding carboxylic acids is 1. The first-order valence-corrected chi connectivity index (χ1v) is 7.33. The number of hydrogen-bond acceptors (Lipinski definition) is 2. The molecular weight excluding hydrogens is 317 g/mol. The molecule has 4 nitrogen and oxygen atoms in total. The smallest absolute Gasteiger partial charge is 0.256 e. The highest BCUT2D eigenvalue weighted by Crippen LogP contribution is 2.15. The summed E-state index contributed by atoms with van der Waals surface area (Å²) in [6.07, 6.45) is 1.59. The molecule has 0 radical (unpaired) electrons. The summed E-state index contributed by atoms with van der Waals surface area (Å²) in [5.74, 6) is -0.318. The highest BCUT2D eigenvalue weighted by molar-refractivity contribution is 6.30. The van der Waals surface area contributed by atoms with Crippen LogP contribution in [0.2, 0.25) is 5.02 Å². The third-order valence-electron chi connectivity index (χ3n) is 3.27. The van der Waals surface area contributed by atoms with Crippen molar-refractivity contribution in [3.63, 3.8) is 0 Å². The van der Waals surface area contributed by atoms with Crippen LogP contribution in [0.15, 0.2) is 60.8 Å². The summed E-state index contributed by atoms with van der Waals surface area (Å²) >= 11 is 5.97. The number of benzene rings is 2. The Hall–Kier alpha value is -2.66. The fourth-order valence-corrected chi connectivity index (χ4v) is 2.40. The number of hydrogen-bond donors (Lipinski definition) is 1. The molecule has 116 valence electrons. The second-order valence-corrected chi connectivity index (χ2v) is 5.40. The van der Waals surface area contributed by atoms with E-state index in [-0.39, 0.29) is 5.56 Å². The number of nitrogens with one attached hydrogen (secondary N) is 1. The van der Waals surface area contributed by atoms with E-state index in [1.165, 1.54) is 18.2 Å². The van der Waals surface area contributed by atoms with Crippen LogP contribution in [0, 0.1) is 5.82 Å². The summed E-state index contributed by atoms with van der Waals surface area (Å²) in [6.45, 7) is 0.465. The minimum absolute atomic E-state index is 0.250. The van der Waals surface area contributed by atoms with Gasteiger partial charge in [-0.2, -0.15) is 5.10 Å². The molecule has 0 spiro atoms. The van der Waals surface area contributed by atoms with E-state index in [4.69, 9.17) is 11.6 Å². The van der Waals surface area contributed by atoms with Crippen molar-refractivity contribution in [1.29, 1.82) is 0 Å². The first-order chi connectivity index (χ1) is 11.1. The standard InChI is InChI=1S/C17H13ClFN3O/c18-14-5-1-3-12(9-14)11-22-16(7-8-20-22)21-17(23)13-4-2-6-15(19)10-13/h1-10H,11H2,(H,21,23). The molecule has 1 amide bonds. The second kappa shape index (κ2) is 6.62. The molecule has 0 fully saturated rings. The quantitative estimate of drug-likeness (QED) is 0.787. The number of nitrogens with zero attached hydrogens (tertiary/aromatic N) is 2.